The van der Waals surface area contributed by atoms with Gasteiger partial charge in [0.1, 0.15) is 0 Å². The molecule has 0 saturated heterocycles. The van der Waals surface area contributed by atoms with Crippen molar-refractivity contribution >= 4 is 34.7 Å². The van der Waals surface area contributed by atoms with E-state index < -0.39 is 0 Å². The zero-order chi connectivity index (χ0) is 22.2. The summed E-state index contributed by atoms with van der Waals surface area (Å²) in [5, 5.41) is 5.87. The number of thiazole rings is 1. The van der Waals surface area contributed by atoms with Crippen LogP contribution in [-0.4, -0.2) is 33.6 Å². The van der Waals surface area contributed by atoms with Gasteiger partial charge in [-0.25, -0.2) is 4.98 Å². The summed E-state index contributed by atoms with van der Waals surface area (Å²) in [5.74, 6) is -0.840. The lowest BCUT2D eigenvalue weighted by Gasteiger charge is -2.29. The maximum atomic E-state index is 13.0. The molecule has 32 heavy (non-hydrogen) atoms. The molecule has 6 nitrogen and oxygen atoms in total. The molecule has 2 aromatic carbocycles. The van der Waals surface area contributed by atoms with Gasteiger partial charge in [-0.3, -0.25) is 19.3 Å². The van der Waals surface area contributed by atoms with E-state index >= 15 is 0 Å². The van der Waals surface area contributed by atoms with Gasteiger partial charge >= 0.3 is 0 Å². The number of fused-ring (bicyclic) bond motifs is 1. The molecule has 3 amide bonds. The van der Waals surface area contributed by atoms with Gasteiger partial charge in [0.25, 0.3) is 17.7 Å². The van der Waals surface area contributed by atoms with E-state index in [1.54, 1.807) is 29.5 Å². The number of hydrogen-bond donors (Lipinski definition) is 1. The number of carbonyl (C=O) groups is 3. The van der Waals surface area contributed by atoms with Crippen LogP contribution in [0.4, 0.5) is 5.69 Å². The molecule has 0 unspecified atom stereocenters. The van der Waals surface area contributed by atoms with E-state index in [0.717, 1.165) is 48.4 Å². The van der Waals surface area contributed by atoms with Crippen molar-refractivity contribution in [3.05, 3.63) is 69.5 Å². The average molecular weight is 446 g/mol. The van der Waals surface area contributed by atoms with Crippen LogP contribution in [0.25, 0.3) is 11.3 Å². The fourth-order valence-electron chi connectivity index (χ4n) is 4.50. The van der Waals surface area contributed by atoms with Crippen LogP contribution < -0.4 is 5.32 Å². The standard InChI is InChI=1S/C25H23N3O3S/c1-15-26-22(14-32-15)16-7-10-18(11-8-16)27-23(29)17-9-12-20-21(13-17)25(31)28(24(20)30)19-5-3-2-4-6-19/h7-14,19H,2-6H2,1H3,(H,27,29). The first-order chi connectivity index (χ1) is 15.5. The van der Waals surface area contributed by atoms with Gasteiger partial charge in [-0.15, -0.1) is 11.3 Å². The Morgan fingerprint density at radius 3 is 2.41 bits per heavy atom. The van der Waals surface area contributed by atoms with Crippen molar-refractivity contribution in [1.29, 1.82) is 0 Å². The molecule has 1 aliphatic carbocycles. The number of nitrogens with zero attached hydrogens (tertiary/aromatic N) is 2. The first-order valence-corrected chi connectivity index (χ1v) is 11.7. The lowest BCUT2D eigenvalue weighted by Crippen LogP contribution is -2.40. The van der Waals surface area contributed by atoms with E-state index in [4.69, 9.17) is 0 Å². The summed E-state index contributed by atoms with van der Waals surface area (Å²) in [7, 11) is 0. The van der Waals surface area contributed by atoms with Crippen LogP contribution in [-0.2, 0) is 0 Å². The van der Waals surface area contributed by atoms with Gasteiger partial charge < -0.3 is 5.32 Å². The second kappa shape index (κ2) is 8.31. The van der Waals surface area contributed by atoms with Gasteiger partial charge in [0.15, 0.2) is 0 Å². The highest BCUT2D eigenvalue weighted by atomic mass is 32.1. The minimum absolute atomic E-state index is 0.0338. The first kappa shape index (κ1) is 20.6. The predicted molar refractivity (Wildman–Crippen MR) is 124 cm³/mol. The van der Waals surface area contributed by atoms with Crippen molar-refractivity contribution in [3.63, 3.8) is 0 Å². The largest absolute Gasteiger partial charge is 0.322 e. The Morgan fingerprint density at radius 2 is 1.72 bits per heavy atom. The van der Waals surface area contributed by atoms with Gasteiger partial charge in [0.2, 0.25) is 0 Å². The topological polar surface area (TPSA) is 79.4 Å². The number of anilines is 1. The van der Waals surface area contributed by atoms with Crippen LogP contribution in [0.5, 0.6) is 0 Å². The Morgan fingerprint density at radius 1 is 1.00 bits per heavy atom. The second-order valence-corrected chi connectivity index (χ2v) is 9.38. The highest BCUT2D eigenvalue weighted by Crippen LogP contribution is 2.31. The number of hydrogen-bond acceptors (Lipinski definition) is 5. The quantitative estimate of drug-likeness (QED) is 0.553. The zero-order valence-electron chi connectivity index (χ0n) is 17.8. The van der Waals surface area contributed by atoms with E-state index in [1.807, 2.05) is 36.6 Å². The number of amides is 3. The van der Waals surface area contributed by atoms with Crippen molar-refractivity contribution in [3.8, 4) is 11.3 Å². The molecule has 2 aliphatic rings. The number of aryl methyl sites for hydroxylation is 1. The molecule has 2 heterocycles. The third-order valence-electron chi connectivity index (χ3n) is 6.18. The molecule has 1 aliphatic heterocycles. The highest BCUT2D eigenvalue weighted by molar-refractivity contribution is 7.09. The van der Waals surface area contributed by atoms with E-state index in [-0.39, 0.29) is 23.8 Å². The third-order valence-corrected chi connectivity index (χ3v) is 6.95. The van der Waals surface area contributed by atoms with Gasteiger partial charge in [-0.1, -0.05) is 31.4 Å². The maximum absolute atomic E-state index is 13.0. The van der Waals surface area contributed by atoms with Crippen LogP contribution in [0, 0.1) is 6.92 Å². The SMILES string of the molecule is Cc1nc(-c2ccc(NC(=O)c3ccc4c(c3)C(=O)N(C3CCCCC3)C4=O)cc2)cs1. The number of aromatic nitrogens is 1. The molecular weight excluding hydrogens is 422 g/mol. The highest BCUT2D eigenvalue weighted by Gasteiger charge is 2.40. The number of imide groups is 1. The van der Waals surface area contributed by atoms with E-state index in [0.29, 0.717) is 22.4 Å². The average Bonchev–Trinajstić information content (AvgIpc) is 3.35. The summed E-state index contributed by atoms with van der Waals surface area (Å²) in [4.78, 5) is 44.5. The third kappa shape index (κ3) is 3.73. The monoisotopic (exact) mass is 445 g/mol. The molecule has 0 spiro atoms. The molecular formula is C25H23N3O3S. The van der Waals surface area contributed by atoms with E-state index in [1.165, 1.54) is 4.90 Å². The molecule has 0 atom stereocenters. The number of carbonyl (C=O) groups excluding carboxylic acids is 3. The lowest BCUT2D eigenvalue weighted by atomic mass is 9.94. The molecule has 1 fully saturated rings. The van der Waals surface area contributed by atoms with E-state index in [2.05, 4.69) is 10.3 Å². The molecule has 3 aromatic rings. The van der Waals surface area contributed by atoms with Crippen molar-refractivity contribution in [2.45, 2.75) is 45.1 Å². The summed E-state index contributed by atoms with van der Waals surface area (Å²) in [6, 6.07) is 12.2. The van der Waals surface area contributed by atoms with Crippen LogP contribution in [0.2, 0.25) is 0 Å². The first-order valence-electron chi connectivity index (χ1n) is 10.9. The normalized spacial score (nSPS) is 16.3. The fraction of sp³-hybridized carbons (Fsp3) is 0.280. The van der Waals surface area contributed by atoms with Gasteiger partial charge in [-0.05, 0) is 50.1 Å². The number of rotatable bonds is 4. The molecule has 1 saturated carbocycles. The van der Waals surface area contributed by atoms with Crippen molar-refractivity contribution < 1.29 is 14.4 Å². The van der Waals surface area contributed by atoms with Crippen LogP contribution in [0.3, 0.4) is 0 Å². The Hall–Kier alpha value is -3.32. The molecule has 5 rings (SSSR count). The second-order valence-electron chi connectivity index (χ2n) is 8.32. The van der Waals surface area contributed by atoms with Gasteiger partial charge in [0, 0.05) is 28.2 Å². The predicted octanol–water partition coefficient (Wildman–Crippen LogP) is 5.30. The van der Waals surface area contributed by atoms with Crippen molar-refractivity contribution in [2.75, 3.05) is 5.32 Å². The smallest absolute Gasteiger partial charge is 0.261 e. The number of benzene rings is 2. The van der Waals surface area contributed by atoms with Crippen molar-refractivity contribution in [1.82, 2.24) is 9.88 Å². The molecule has 162 valence electrons. The lowest BCUT2D eigenvalue weighted by molar-refractivity contribution is 0.0549. The minimum atomic E-state index is -0.318. The molecule has 1 N–H and O–H groups in total. The summed E-state index contributed by atoms with van der Waals surface area (Å²) in [5.41, 5.74) is 3.61. The molecule has 7 heteroatoms. The maximum Gasteiger partial charge on any atom is 0.261 e. The summed E-state index contributed by atoms with van der Waals surface area (Å²) >= 11 is 1.59. The number of nitrogens with one attached hydrogen (secondary N) is 1. The van der Waals surface area contributed by atoms with E-state index in [9.17, 15) is 14.4 Å². The Balaban J connectivity index is 1.32. The van der Waals surface area contributed by atoms with Crippen LogP contribution >= 0.6 is 11.3 Å². The van der Waals surface area contributed by atoms with Crippen molar-refractivity contribution in [2.24, 2.45) is 0 Å². The molecule has 0 bridgehead atoms. The molecule has 0 radical (unpaired) electrons. The Kier molecular flexibility index (Phi) is 5.35. The van der Waals surface area contributed by atoms with Gasteiger partial charge in [0.05, 0.1) is 21.8 Å². The summed E-state index contributed by atoms with van der Waals surface area (Å²) in [6.07, 6.45) is 4.93. The van der Waals surface area contributed by atoms with Crippen LogP contribution in [0.15, 0.2) is 47.8 Å². The summed E-state index contributed by atoms with van der Waals surface area (Å²) < 4.78 is 0. The summed E-state index contributed by atoms with van der Waals surface area (Å²) in [6.45, 7) is 1.96. The Labute approximate surface area is 190 Å². The zero-order valence-corrected chi connectivity index (χ0v) is 18.6. The van der Waals surface area contributed by atoms with Gasteiger partial charge in [-0.2, -0.15) is 0 Å². The molecule has 1 aromatic heterocycles. The fourth-order valence-corrected chi connectivity index (χ4v) is 5.12. The van der Waals surface area contributed by atoms with Crippen LogP contribution in [0.1, 0.15) is 68.2 Å². The minimum Gasteiger partial charge on any atom is -0.322 e. The Bertz CT molecular complexity index is 1210.